The van der Waals surface area contributed by atoms with Crippen molar-refractivity contribution in [3.63, 3.8) is 0 Å². The van der Waals surface area contributed by atoms with Crippen LogP contribution in [-0.2, 0) is 25.2 Å². The van der Waals surface area contributed by atoms with Crippen molar-refractivity contribution in [2.45, 2.75) is 24.3 Å². The van der Waals surface area contributed by atoms with Crippen LogP contribution in [0, 0.1) is 11.3 Å². The number of hydrogen-bond donors (Lipinski definition) is 0. The van der Waals surface area contributed by atoms with Crippen molar-refractivity contribution in [3.05, 3.63) is 35.4 Å². The lowest BCUT2D eigenvalue weighted by Crippen LogP contribution is -2.39. The summed E-state index contributed by atoms with van der Waals surface area (Å²) in [6.45, 7) is 0.683. The van der Waals surface area contributed by atoms with Gasteiger partial charge in [0.25, 0.3) is 0 Å². The molecule has 6 nitrogen and oxygen atoms in total. The van der Waals surface area contributed by atoms with Crippen LogP contribution in [0.15, 0.2) is 24.3 Å². The first-order valence-corrected chi connectivity index (χ1v) is 8.61. The molecule has 1 aromatic carbocycles. The Labute approximate surface area is 131 Å². The summed E-state index contributed by atoms with van der Waals surface area (Å²) >= 11 is 0. The minimum Gasteiger partial charge on any atom is -0.383 e. The molecule has 0 aromatic heterocycles. The minimum absolute atomic E-state index is 0.111. The average Bonchev–Trinajstić information content (AvgIpc) is 2.91. The molecular weight excluding hydrogens is 304 g/mol. The van der Waals surface area contributed by atoms with Gasteiger partial charge in [0.1, 0.15) is 0 Å². The number of rotatable bonds is 6. The third kappa shape index (κ3) is 3.84. The highest BCUT2D eigenvalue weighted by molar-refractivity contribution is 7.88. The lowest BCUT2D eigenvalue weighted by Gasteiger charge is -2.23. The molecule has 2 atom stereocenters. The molecule has 1 fully saturated rings. The molecule has 1 saturated heterocycles. The summed E-state index contributed by atoms with van der Waals surface area (Å²) in [7, 11) is -0.347. The number of methoxy groups -OCH3 is 2. The number of benzene rings is 1. The van der Waals surface area contributed by atoms with E-state index in [1.807, 2.05) is 6.07 Å². The Kier molecular flexibility index (Phi) is 5.53. The van der Waals surface area contributed by atoms with Gasteiger partial charge in [-0.2, -0.15) is 9.57 Å². The van der Waals surface area contributed by atoms with Crippen LogP contribution in [0.1, 0.15) is 17.5 Å². The van der Waals surface area contributed by atoms with Crippen molar-refractivity contribution in [3.8, 4) is 6.07 Å². The maximum absolute atomic E-state index is 12.7. The molecule has 0 N–H and O–H groups in total. The summed E-state index contributed by atoms with van der Waals surface area (Å²) in [6, 6.07) is 8.48. The summed E-state index contributed by atoms with van der Waals surface area (Å²) in [6.07, 6.45) is 0.516. The first-order chi connectivity index (χ1) is 10.5. The highest BCUT2D eigenvalue weighted by atomic mass is 32.2. The Morgan fingerprint density at radius 3 is 2.82 bits per heavy atom. The third-order valence-electron chi connectivity index (χ3n) is 3.78. The van der Waals surface area contributed by atoms with Gasteiger partial charge < -0.3 is 9.47 Å². The van der Waals surface area contributed by atoms with E-state index >= 15 is 0 Å². The third-order valence-corrected chi connectivity index (χ3v) is 5.64. The molecule has 1 aliphatic heterocycles. The molecule has 0 radical (unpaired) electrons. The van der Waals surface area contributed by atoms with Crippen LogP contribution in [0.25, 0.3) is 0 Å². The van der Waals surface area contributed by atoms with E-state index in [2.05, 4.69) is 0 Å². The first-order valence-electron chi connectivity index (χ1n) is 7.00. The second kappa shape index (κ2) is 7.20. The fourth-order valence-electron chi connectivity index (χ4n) is 2.72. The number of sulfonamides is 1. The first kappa shape index (κ1) is 16.9. The molecule has 0 amide bonds. The van der Waals surface area contributed by atoms with E-state index in [1.54, 1.807) is 38.5 Å². The van der Waals surface area contributed by atoms with Gasteiger partial charge in [-0.25, -0.2) is 8.42 Å². The Balaban J connectivity index is 2.19. The van der Waals surface area contributed by atoms with Crippen molar-refractivity contribution in [1.82, 2.24) is 4.31 Å². The zero-order valence-corrected chi connectivity index (χ0v) is 13.5. The molecular formula is C15H20N2O4S. The van der Waals surface area contributed by atoms with Crippen LogP contribution in [0.5, 0.6) is 0 Å². The summed E-state index contributed by atoms with van der Waals surface area (Å²) in [5.41, 5.74) is 1.06. The maximum atomic E-state index is 12.7. The lowest BCUT2D eigenvalue weighted by molar-refractivity contribution is 0.110. The van der Waals surface area contributed by atoms with Crippen LogP contribution in [0.2, 0.25) is 0 Å². The number of hydrogen-bond acceptors (Lipinski definition) is 5. The summed E-state index contributed by atoms with van der Waals surface area (Å²) in [4.78, 5) is 0. The van der Waals surface area contributed by atoms with Crippen molar-refractivity contribution >= 4 is 10.0 Å². The largest absolute Gasteiger partial charge is 0.383 e. The molecule has 7 heteroatoms. The molecule has 1 heterocycles. The summed E-state index contributed by atoms with van der Waals surface area (Å²) in [5.74, 6) is -0.126. The van der Waals surface area contributed by atoms with Gasteiger partial charge in [-0.3, -0.25) is 0 Å². The molecule has 0 aliphatic carbocycles. The fourth-order valence-corrected chi connectivity index (χ4v) is 4.49. The van der Waals surface area contributed by atoms with Gasteiger partial charge in [0.2, 0.25) is 10.0 Å². The predicted octanol–water partition coefficient (Wildman–Crippen LogP) is 1.12. The van der Waals surface area contributed by atoms with Crippen molar-refractivity contribution in [2.24, 2.45) is 0 Å². The SMILES string of the molecule is COC[C@@H]1C[C@@H](OC)CN1S(=O)(=O)Cc1cccc(C#N)c1. The second-order valence-corrected chi connectivity index (χ2v) is 7.26. The second-order valence-electron chi connectivity index (χ2n) is 5.34. The van der Waals surface area contributed by atoms with Gasteiger partial charge in [-0.1, -0.05) is 12.1 Å². The van der Waals surface area contributed by atoms with E-state index in [9.17, 15) is 8.42 Å². The Morgan fingerprint density at radius 1 is 1.41 bits per heavy atom. The Hall–Kier alpha value is -1.46. The maximum Gasteiger partial charge on any atom is 0.218 e. The average molecular weight is 324 g/mol. The molecule has 120 valence electrons. The Bertz CT molecular complexity index is 654. The van der Waals surface area contributed by atoms with Gasteiger partial charge >= 0.3 is 0 Å². The quantitative estimate of drug-likeness (QED) is 0.783. The molecule has 0 saturated carbocycles. The molecule has 1 aromatic rings. The molecule has 22 heavy (non-hydrogen) atoms. The molecule has 2 rings (SSSR count). The van der Waals surface area contributed by atoms with Gasteiger partial charge in [-0.15, -0.1) is 0 Å². The smallest absolute Gasteiger partial charge is 0.218 e. The molecule has 1 aliphatic rings. The van der Waals surface area contributed by atoms with Crippen LogP contribution >= 0.6 is 0 Å². The van der Waals surface area contributed by atoms with Gasteiger partial charge in [0.05, 0.1) is 36.1 Å². The highest BCUT2D eigenvalue weighted by Crippen LogP contribution is 2.25. The minimum atomic E-state index is -3.49. The molecule has 0 spiro atoms. The fraction of sp³-hybridized carbons (Fsp3) is 0.533. The molecule has 0 unspecified atom stereocenters. The van der Waals surface area contributed by atoms with Gasteiger partial charge in [0.15, 0.2) is 0 Å². The molecule has 0 bridgehead atoms. The van der Waals surface area contributed by atoms with Crippen LogP contribution in [0.4, 0.5) is 0 Å². The van der Waals surface area contributed by atoms with E-state index in [0.717, 1.165) is 0 Å². The van der Waals surface area contributed by atoms with E-state index in [0.29, 0.717) is 30.7 Å². The summed E-state index contributed by atoms with van der Waals surface area (Å²) in [5, 5.41) is 8.91. The lowest BCUT2D eigenvalue weighted by atomic mass is 10.2. The van der Waals surface area contributed by atoms with E-state index in [-0.39, 0.29) is 17.9 Å². The summed E-state index contributed by atoms with van der Waals surface area (Å²) < 4.78 is 37.2. The standard InChI is InChI=1S/C15H20N2O4S/c1-20-10-14-7-15(21-2)9-17(14)22(18,19)11-13-5-3-4-12(6-13)8-16/h3-6,14-15H,7,9-11H2,1-2H3/t14-,15+/m0/s1. The highest BCUT2D eigenvalue weighted by Gasteiger charge is 2.39. The predicted molar refractivity (Wildman–Crippen MR) is 81.6 cm³/mol. The van der Waals surface area contributed by atoms with Crippen molar-refractivity contribution < 1.29 is 17.9 Å². The van der Waals surface area contributed by atoms with E-state index in [1.165, 1.54) is 4.31 Å². The zero-order valence-electron chi connectivity index (χ0n) is 12.7. The van der Waals surface area contributed by atoms with Crippen molar-refractivity contribution in [1.29, 1.82) is 5.26 Å². The Morgan fingerprint density at radius 2 is 2.18 bits per heavy atom. The van der Waals surface area contributed by atoms with Crippen molar-refractivity contribution in [2.75, 3.05) is 27.4 Å². The van der Waals surface area contributed by atoms with Gasteiger partial charge in [-0.05, 0) is 24.1 Å². The zero-order chi connectivity index (χ0) is 16.2. The van der Waals surface area contributed by atoms with Crippen LogP contribution in [-0.4, -0.2) is 52.2 Å². The topological polar surface area (TPSA) is 79.6 Å². The number of nitrogens with zero attached hydrogens (tertiary/aromatic N) is 2. The van der Waals surface area contributed by atoms with E-state index < -0.39 is 10.0 Å². The monoisotopic (exact) mass is 324 g/mol. The normalized spacial score (nSPS) is 22.6. The number of ether oxygens (including phenoxy) is 2. The van der Waals surface area contributed by atoms with Gasteiger partial charge in [0, 0.05) is 20.8 Å². The van der Waals surface area contributed by atoms with Crippen LogP contribution in [0.3, 0.4) is 0 Å². The van der Waals surface area contributed by atoms with Crippen LogP contribution < -0.4 is 0 Å². The number of nitriles is 1. The van der Waals surface area contributed by atoms with E-state index in [4.69, 9.17) is 14.7 Å².